The minimum absolute atomic E-state index is 0.282. The number of hydrogen-bond donors (Lipinski definition) is 3. The number of nitrogens with one attached hydrogen (secondary N) is 3. The van der Waals surface area contributed by atoms with Gasteiger partial charge in [0.05, 0.1) is 17.6 Å². The van der Waals surface area contributed by atoms with Crippen LogP contribution in [0.15, 0.2) is 76.9 Å². The van der Waals surface area contributed by atoms with E-state index in [2.05, 4.69) is 31.1 Å². The van der Waals surface area contributed by atoms with Crippen molar-refractivity contribution >= 4 is 40.6 Å². The normalized spacial score (nSPS) is 11.9. The zero-order valence-corrected chi connectivity index (χ0v) is 20.1. The lowest BCUT2D eigenvalue weighted by molar-refractivity contribution is -0.274. The molecule has 0 unspecified atom stereocenters. The molecule has 0 spiro atoms. The molecule has 6 nitrogen and oxygen atoms in total. The van der Waals surface area contributed by atoms with Gasteiger partial charge in [0.2, 0.25) is 0 Å². The molecule has 0 atom stereocenters. The number of alkyl halides is 3. The Labute approximate surface area is 206 Å². The van der Waals surface area contributed by atoms with Crippen LogP contribution in [0.5, 0.6) is 5.75 Å². The van der Waals surface area contributed by atoms with E-state index in [0.717, 1.165) is 28.1 Å². The molecular formula is C25H24F3N5OS. The van der Waals surface area contributed by atoms with E-state index in [1.165, 1.54) is 24.3 Å². The highest BCUT2D eigenvalue weighted by molar-refractivity contribution is 7.80. The number of ether oxygens (including phenoxy) is 1. The van der Waals surface area contributed by atoms with Crippen molar-refractivity contribution in [3.63, 3.8) is 0 Å². The summed E-state index contributed by atoms with van der Waals surface area (Å²) >= 11 is 5.30. The first kappa shape index (κ1) is 25.7. The van der Waals surface area contributed by atoms with Crippen LogP contribution in [-0.2, 0) is 0 Å². The molecule has 0 saturated heterocycles. The Morgan fingerprint density at radius 3 is 2.17 bits per heavy atom. The first-order valence-corrected chi connectivity index (χ1v) is 10.9. The number of thiocarbonyl (C=S) groups is 1. The Balaban J connectivity index is 1.51. The van der Waals surface area contributed by atoms with Gasteiger partial charge in [0, 0.05) is 5.69 Å². The maximum Gasteiger partial charge on any atom is 0.573 e. The van der Waals surface area contributed by atoms with Crippen molar-refractivity contribution in [3.8, 4) is 5.75 Å². The van der Waals surface area contributed by atoms with Crippen LogP contribution in [0, 0.1) is 13.8 Å². The van der Waals surface area contributed by atoms with Crippen molar-refractivity contribution < 1.29 is 17.9 Å². The molecule has 0 heterocycles. The molecule has 0 aromatic heterocycles. The number of halogens is 3. The lowest BCUT2D eigenvalue weighted by Crippen LogP contribution is -2.24. The summed E-state index contributed by atoms with van der Waals surface area (Å²) in [6.07, 6.45) is -3.08. The van der Waals surface area contributed by atoms with Crippen molar-refractivity contribution in [2.24, 2.45) is 10.2 Å². The van der Waals surface area contributed by atoms with Crippen molar-refractivity contribution in [3.05, 3.63) is 89.0 Å². The molecule has 0 fully saturated rings. The van der Waals surface area contributed by atoms with E-state index in [-0.39, 0.29) is 5.75 Å². The second kappa shape index (κ2) is 11.5. The van der Waals surface area contributed by atoms with Crippen LogP contribution >= 0.6 is 12.2 Å². The van der Waals surface area contributed by atoms with E-state index >= 15 is 0 Å². The quantitative estimate of drug-likeness (QED) is 0.201. The largest absolute Gasteiger partial charge is 0.573 e. The van der Waals surface area contributed by atoms with Gasteiger partial charge in [-0.2, -0.15) is 10.2 Å². The summed E-state index contributed by atoms with van der Waals surface area (Å²) in [5.74, 6) is -0.282. The molecule has 3 aromatic rings. The Morgan fingerprint density at radius 2 is 1.57 bits per heavy atom. The van der Waals surface area contributed by atoms with Gasteiger partial charge in [-0.1, -0.05) is 30.3 Å². The Kier molecular flexibility index (Phi) is 8.43. The average molecular weight is 500 g/mol. The van der Waals surface area contributed by atoms with E-state index in [4.69, 9.17) is 12.2 Å². The average Bonchev–Trinajstić information content (AvgIpc) is 2.80. The zero-order chi connectivity index (χ0) is 25.4. The number of hydrogen-bond acceptors (Lipinski definition) is 5. The Morgan fingerprint density at radius 1 is 0.943 bits per heavy atom. The number of aryl methyl sites for hydroxylation is 2. The molecule has 0 amide bonds. The summed E-state index contributed by atoms with van der Waals surface area (Å²) in [7, 11) is 0. The molecule has 0 bridgehead atoms. The highest BCUT2D eigenvalue weighted by Gasteiger charge is 2.30. The first-order valence-electron chi connectivity index (χ1n) is 10.5. The third-order valence-corrected chi connectivity index (χ3v) is 5.06. The van der Waals surface area contributed by atoms with Crippen LogP contribution in [-0.4, -0.2) is 23.4 Å². The van der Waals surface area contributed by atoms with Crippen LogP contribution in [0.25, 0.3) is 0 Å². The van der Waals surface area contributed by atoms with E-state index in [9.17, 15) is 13.2 Å². The number of benzene rings is 3. The predicted octanol–water partition coefficient (Wildman–Crippen LogP) is 6.36. The van der Waals surface area contributed by atoms with Crippen molar-refractivity contribution in [1.29, 1.82) is 0 Å². The zero-order valence-electron chi connectivity index (χ0n) is 19.3. The third kappa shape index (κ3) is 8.11. The number of anilines is 2. The maximum absolute atomic E-state index is 12.3. The molecule has 0 aliphatic carbocycles. The van der Waals surface area contributed by atoms with E-state index < -0.39 is 6.36 Å². The SMILES string of the molecule is CC(=NNc1ccc(C=NNC(=S)Nc2c(C)cccc2C)cc1)c1ccc(OC(F)(F)F)cc1. The monoisotopic (exact) mass is 499 g/mol. The van der Waals surface area contributed by atoms with E-state index in [1.807, 2.05) is 56.3 Å². The summed E-state index contributed by atoms with van der Waals surface area (Å²) < 4.78 is 40.7. The molecule has 0 radical (unpaired) electrons. The lowest BCUT2D eigenvalue weighted by Gasteiger charge is -2.12. The highest BCUT2D eigenvalue weighted by Crippen LogP contribution is 2.23. The molecule has 0 aliphatic rings. The molecule has 10 heteroatoms. The smallest absolute Gasteiger partial charge is 0.406 e. The fraction of sp³-hybridized carbons (Fsp3) is 0.160. The third-order valence-electron chi connectivity index (χ3n) is 4.87. The fourth-order valence-corrected chi connectivity index (χ4v) is 3.23. The molecule has 0 saturated carbocycles. The van der Waals surface area contributed by atoms with Crippen molar-refractivity contribution in [1.82, 2.24) is 5.43 Å². The number of nitrogens with zero attached hydrogens (tertiary/aromatic N) is 2. The Bertz CT molecular complexity index is 1200. The molecule has 35 heavy (non-hydrogen) atoms. The van der Waals surface area contributed by atoms with Crippen LogP contribution in [0.4, 0.5) is 24.5 Å². The summed E-state index contributed by atoms with van der Waals surface area (Å²) in [5.41, 5.74) is 11.7. The van der Waals surface area contributed by atoms with Gasteiger partial charge in [-0.25, -0.2) is 0 Å². The second-order valence-corrected chi connectivity index (χ2v) is 8.00. The summed E-state index contributed by atoms with van der Waals surface area (Å²) in [4.78, 5) is 0. The number of rotatable bonds is 7. The fourth-order valence-electron chi connectivity index (χ4n) is 3.07. The van der Waals surface area contributed by atoms with Gasteiger partial charge < -0.3 is 10.1 Å². The van der Waals surface area contributed by atoms with Gasteiger partial charge in [0.25, 0.3) is 0 Å². The standard InChI is InChI=1S/C25H24F3N5OS/c1-16-5-4-6-17(2)23(16)30-24(35)33-29-15-19-7-11-21(12-8-19)32-31-18(3)20-9-13-22(14-10-20)34-25(26,27)28/h4-15,32H,1-3H3,(H2,30,33,35). The summed E-state index contributed by atoms with van der Waals surface area (Å²) in [6.45, 7) is 5.76. The summed E-state index contributed by atoms with van der Waals surface area (Å²) in [5, 5.41) is 12.0. The molecular weight excluding hydrogens is 475 g/mol. The van der Waals surface area contributed by atoms with Gasteiger partial charge >= 0.3 is 6.36 Å². The first-order chi connectivity index (χ1) is 16.6. The lowest BCUT2D eigenvalue weighted by atomic mass is 10.1. The van der Waals surface area contributed by atoms with Gasteiger partial charge in [0.1, 0.15) is 5.75 Å². The van der Waals surface area contributed by atoms with Gasteiger partial charge in [-0.3, -0.25) is 10.9 Å². The van der Waals surface area contributed by atoms with Crippen LogP contribution in [0.3, 0.4) is 0 Å². The van der Waals surface area contributed by atoms with Gasteiger partial charge in [0.15, 0.2) is 5.11 Å². The molecule has 3 N–H and O–H groups in total. The van der Waals surface area contributed by atoms with Crippen LogP contribution < -0.4 is 20.9 Å². The summed E-state index contributed by atoms with van der Waals surface area (Å²) in [6, 6.07) is 18.9. The topological polar surface area (TPSA) is 70.0 Å². The second-order valence-electron chi connectivity index (χ2n) is 7.59. The van der Waals surface area contributed by atoms with Gasteiger partial charge in [-0.15, -0.1) is 13.2 Å². The van der Waals surface area contributed by atoms with Crippen molar-refractivity contribution in [2.45, 2.75) is 27.1 Å². The minimum atomic E-state index is -4.72. The Hall–Kier alpha value is -3.92. The highest BCUT2D eigenvalue weighted by atomic mass is 32.1. The number of para-hydroxylation sites is 1. The van der Waals surface area contributed by atoms with Crippen LogP contribution in [0.1, 0.15) is 29.2 Å². The van der Waals surface area contributed by atoms with Gasteiger partial charge in [-0.05, 0) is 91.6 Å². The van der Waals surface area contributed by atoms with Crippen molar-refractivity contribution in [2.75, 3.05) is 10.7 Å². The molecule has 3 rings (SSSR count). The molecule has 3 aromatic carbocycles. The number of hydrazone groups is 2. The molecule has 0 aliphatic heterocycles. The van der Waals surface area contributed by atoms with E-state index in [0.29, 0.717) is 16.4 Å². The maximum atomic E-state index is 12.3. The van der Waals surface area contributed by atoms with E-state index in [1.54, 1.807) is 13.1 Å². The molecule has 182 valence electrons. The predicted molar refractivity (Wildman–Crippen MR) is 138 cm³/mol. The van der Waals surface area contributed by atoms with Crippen LogP contribution in [0.2, 0.25) is 0 Å². The minimum Gasteiger partial charge on any atom is -0.406 e.